The Bertz CT molecular complexity index is 1530. The van der Waals surface area contributed by atoms with Gasteiger partial charge in [-0.05, 0) is 46.5 Å². The van der Waals surface area contributed by atoms with Crippen molar-refractivity contribution in [1.82, 2.24) is 35.2 Å². The second kappa shape index (κ2) is 10.7. The van der Waals surface area contributed by atoms with Crippen molar-refractivity contribution in [2.45, 2.75) is 32.7 Å². The number of imidazole rings is 1. The SMILES string of the molecule is CCCCc1nc(Cl)c(C(=O)c2ncccc2O)n1Cc1ccc(-c2ccccc2)c(-c2nn[nH]n2)c1. The normalized spacial score (nSPS) is 11.1. The first-order valence-corrected chi connectivity index (χ1v) is 12.3. The lowest BCUT2D eigenvalue weighted by molar-refractivity contribution is 0.102. The molecule has 0 amide bonds. The monoisotopic (exact) mass is 513 g/mol. The number of nitrogens with one attached hydrogen (secondary N) is 1. The average Bonchev–Trinajstić information content (AvgIpc) is 3.56. The summed E-state index contributed by atoms with van der Waals surface area (Å²) in [7, 11) is 0. The molecule has 3 aromatic heterocycles. The lowest BCUT2D eigenvalue weighted by Gasteiger charge is -2.14. The Hall–Kier alpha value is -4.37. The van der Waals surface area contributed by atoms with Crippen molar-refractivity contribution in [2.75, 3.05) is 0 Å². The van der Waals surface area contributed by atoms with Crippen LogP contribution in [0.25, 0.3) is 22.5 Å². The molecule has 5 aromatic rings. The van der Waals surface area contributed by atoms with Crippen LogP contribution in [0.2, 0.25) is 5.15 Å². The van der Waals surface area contributed by atoms with Gasteiger partial charge in [-0.2, -0.15) is 5.21 Å². The minimum absolute atomic E-state index is 0.0699. The Morgan fingerprint density at radius 2 is 1.92 bits per heavy atom. The number of aryl methyl sites for hydroxylation is 1. The number of ketones is 1. The largest absolute Gasteiger partial charge is 0.506 e. The molecule has 3 heterocycles. The lowest BCUT2D eigenvalue weighted by Crippen LogP contribution is -2.15. The van der Waals surface area contributed by atoms with Gasteiger partial charge in [0, 0.05) is 24.7 Å². The quantitative estimate of drug-likeness (QED) is 0.263. The lowest BCUT2D eigenvalue weighted by atomic mass is 9.97. The van der Waals surface area contributed by atoms with Crippen LogP contribution in [0, 0.1) is 0 Å². The highest BCUT2D eigenvalue weighted by Gasteiger charge is 2.26. The Kier molecular flexibility index (Phi) is 7.04. The number of tetrazole rings is 1. The first-order chi connectivity index (χ1) is 18.1. The van der Waals surface area contributed by atoms with Crippen LogP contribution >= 0.6 is 11.6 Å². The molecule has 0 unspecified atom stereocenters. The minimum atomic E-state index is -0.488. The topological polar surface area (TPSA) is 122 Å². The molecule has 0 fully saturated rings. The van der Waals surface area contributed by atoms with Crippen LogP contribution in [0.15, 0.2) is 66.9 Å². The van der Waals surface area contributed by atoms with Crippen LogP contribution < -0.4 is 0 Å². The van der Waals surface area contributed by atoms with Gasteiger partial charge < -0.3 is 9.67 Å². The molecule has 0 aliphatic rings. The summed E-state index contributed by atoms with van der Waals surface area (Å²) in [5, 5.41) is 25.0. The van der Waals surface area contributed by atoms with E-state index in [1.807, 2.05) is 53.1 Å². The third-order valence-corrected chi connectivity index (χ3v) is 6.33. The van der Waals surface area contributed by atoms with E-state index in [0.29, 0.717) is 24.6 Å². The van der Waals surface area contributed by atoms with Gasteiger partial charge in [-0.1, -0.05) is 67.4 Å². The number of rotatable bonds is 9. The van der Waals surface area contributed by atoms with Crippen molar-refractivity contribution in [1.29, 1.82) is 0 Å². The van der Waals surface area contributed by atoms with E-state index in [4.69, 9.17) is 11.6 Å². The second-order valence-electron chi connectivity index (χ2n) is 8.54. The molecule has 10 heteroatoms. The van der Waals surface area contributed by atoms with Crippen LogP contribution in [0.1, 0.15) is 47.3 Å². The fraction of sp³-hybridized carbons (Fsp3) is 0.185. The number of H-pyrrole nitrogens is 1. The Labute approximate surface area is 218 Å². The summed E-state index contributed by atoms with van der Waals surface area (Å²) in [6.45, 7) is 2.42. The van der Waals surface area contributed by atoms with Gasteiger partial charge in [-0.15, -0.1) is 10.2 Å². The number of nitrogens with zero attached hydrogens (tertiary/aromatic N) is 6. The third kappa shape index (κ3) is 4.99. The number of carbonyl (C=O) groups excluding carboxylic acids is 1. The smallest absolute Gasteiger partial charge is 0.234 e. The van der Waals surface area contributed by atoms with Crippen molar-refractivity contribution in [3.8, 4) is 28.3 Å². The molecule has 0 saturated heterocycles. The molecule has 0 bridgehead atoms. The van der Waals surface area contributed by atoms with Gasteiger partial charge in [0.05, 0.1) is 0 Å². The molecule has 0 aliphatic heterocycles. The van der Waals surface area contributed by atoms with E-state index in [0.717, 1.165) is 35.1 Å². The van der Waals surface area contributed by atoms with Crippen LogP contribution in [-0.4, -0.2) is 46.0 Å². The van der Waals surface area contributed by atoms with E-state index in [2.05, 4.69) is 37.5 Å². The summed E-state index contributed by atoms with van der Waals surface area (Å²) in [5.41, 5.74) is 3.79. The predicted molar refractivity (Wildman–Crippen MR) is 139 cm³/mol. The zero-order valence-corrected chi connectivity index (χ0v) is 20.9. The number of hydrogen-bond donors (Lipinski definition) is 2. The fourth-order valence-corrected chi connectivity index (χ4v) is 4.55. The van der Waals surface area contributed by atoms with Crippen molar-refractivity contribution in [2.24, 2.45) is 0 Å². The Balaban J connectivity index is 1.60. The molecule has 0 radical (unpaired) electrons. The number of aromatic hydroxyl groups is 1. The number of carbonyl (C=O) groups is 1. The first kappa shape index (κ1) is 24.3. The molecule has 0 saturated carbocycles. The molecule has 2 aromatic carbocycles. The zero-order valence-electron chi connectivity index (χ0n) is 20.1. The molecule has 186 valence electrons. The maximum Gasteiger partial charge on any atom is 0.234 e. The van der Waals surface area contributed by atoms with Crippen LogP contribution in [0.4, 0.5) is 0 Å². The summed E-state index contributed by atoms with van der Waals surface area (Å²) in [4.78, 5) is 22.1. The molecular formula is C27H24ClN7O2. The van der Waals surface area contributed by atoms with Crippen molar-refractivity contribution in [3.05, 3.63) is 94.8 Å². The molecule has 0 atom stereocenters. The molecule has 5 rings (SSSR count). The molecule has 37 heavy (non-hydrogen) atoms. The highest BCUT2D eigenvalue weighted by Crippen LogP contribution is 2.32. The number of aromatic nitrogens is 7. The van der Waals surface area contributed by atoms with E-state index in [1.54, 1.807) is 6.07 Å². The highest BCUT2D eigenvalue weighted by atomic mass is 35.5. The Morgan fingerprint density at radius 1 is 1.08 bits per heavy atom. The van der Waals surface area contributed by atoms with E-state index in [-0.39, 0.29) is 22.3 Å². The molecule has 2 N–H and O–H groups in total. The van der Waals surface area contributed by atoms with Gasteiger partial charge in [0.1, 0.15) is 17.3 Å². The van der Waals surface area contributed by atoms with Gasteiger partial charge >= 0.3 is 0 Å². The zero-order chi connectivity index (χ0) is 25.8. The van der Waals surface area contributed by atoms with Crippen LogP contribution in [0.5, 0.6) is 5.75 Å². The second-order valence-corrected chi connectivity index (χ2v) is 8.90. The van der Waals surface area contributed by atoms with E-state index >= 15 is 0 Å². The molecule has 9 nitrogen and oxygen atoms in total. The van der Waals surface area contributed by atoms with Gasteiger partial charge in [0.15, 0.2) is 10.8 Å². The van der Waals surface area contributed by atoms with Crippen molar-refractivity contribution >= 4 is 17.4 Å². The number of benzene rings is 2. The van der Waals surface area contributed by atoms with Crippen LogP contribution in [0.3, 0.4) is 0 Å². The van der Waals surface area contributed by atoms with E-state index in [9.17, 15) is 9.90 Å². The number of unbranched alkanes of at least 4 members (excludes halogenated alkanes) is 1. The number of halogens is 1. The summed E-state index contributed by atoms with van der Waals surface area (Å²) in [6, 6.07) is 18.9. The predicted octanol–water partition coefficient (Wildman–Crippen LogP) is 5.11. The number of pyridine rings is 1. The first-order valence-electron chi connectivity index (χ1n) is 11.9. The standard InChI is InChI=1S/C27H24ClN7O2/c1-2-3-11-22-30-26(28)24(25(37)23-21(36)10-7-14-29-23)35(22)16-17-12-13-19(18-8-5-4-6-9-18)20(15-17)27-31-33-34-32-27/h4-10,12-15,36H,2-3,11,16H2,1H3,(H,31,32,33,34). The summed E-state index contributed by atoms with van der Waals surface area (Å²) >= 11 is 6.52. The van der Waals surface area contributed by atoms with E-state index in [1.165, 1.54) is 12.3 Å². The third-order valence-electron chi connectivity index (χ3n) is 6.07. The molecular weight excluding hydrogens is 490 g/mol. The summed E-state index contributed by atoms with van der Waals surface area (Å²) in [6.07, 6.45) is 3.95. The van der Waals surface area contributed by atoms with Gasteiger partial charge in [0.25, 0.3) is 0 Å². The summed E-state index contributed by atoms with van der Waals surface area (Å²) < 4.78 is 1.81. The van der Waals surface area contributed by atoms with E-state index < -0.39 is 5.78 Å². The van der Waals surface area contributed by atoms with Crippen LogP contribution in [-0.2, 0) is 13.0 Å². The van der Waals surface area contributed by atoms with Gasteiger partial charge in [-0.3, -0.25) is 4.79 Å². The molecule has 0 spiro atoms. The number of aromatic amines is 1. The summed E-state index contributed by atoms with van der Waals surface area (Å²) in [5.74, 6) is 0.458. The molecule has 0 aliphatic carbocycles. The minimum Gasteiger partial charge on any atom is -0.506 e. The maximum absolute atomic E-state index is 13.5. The van der Waals surface area contributed by atoms with Crippen molar-refractivity contribution < 1.29 is 9.90 Å². The van der Waals surface area contributed by atoms with Gasteiger partial charge in [0.2, 0.25) is 11.6 Å². The Morgan fingerprint density at radius 3 is 2.65 bits per heavy atom. The number of hydrogen-bond acceptors (Lipinski definition) is 7. The van der Waals surface area contributed by atoms with Gasteiger partial charge in [-0.25, -0.2) is 9.97 Å². The fourth-order valence-electron chi connectivity index (χ4n) is 4.27. The van der Waals surface area contributed by atoms with Crippen molar-refractivity contribution in [3.63, 3.8) is 0 Å². The highest BCUT2D eigenvalue weighted by molar-refractivity contribution is 6.33. The average molecular weight is 514 g/mol. The maximum atomic E-state index is 13.5.